The van der Waals surface area contributed by atoms with E-state index in [9.17, 15) is 0 Å². The molecule has 4 heterocycles. The number of nitrogens with two attached hydrogens (primary N) is 1. The molecule has 31 heavy (non-hydrogen) atoms. The highest BCUT2D eigenvalue weighted by atomic mass is 16.5. The van der Waals surface area contributed by atoms with Crippen molar-refractivity contribution < 1.29 is 4.52 Å². The smallest absolute Gasteiger partial charge is 0.164 e. The Balaban J connectivity index is 1.77. The normalized spacial score (nSPS) is 14.3. The van der Waals surface area contributed by atoms with Gasteiger partial charge in [0.25, 0.3) is 0 Å². The highest BCUT2D eigenvalue weighted by molar-refractivity contribution is 6.00. The second-order valence-corrected chi connectivity index (χ2v) is 8.91. The van der Waals surface area contributed by atoms with E-state index in [2.05, 4.69) is 61.9 Å². The van der Waals surface area contributed by atoms with Gasteiger partial charge in [-0.25, -0.2) is 14.6 Å². The lowest BCUT2D eigenvalue weighted by Gasteiger charge is -2.11. The summed E-state index contributed by atoms with van der Waals surface area (Å²) in [5.41, 5.74) is 12.3. The molecule has 1 aliphatic carbocycles. The molecule has 1 aliphatic rings. The van der Waals surface area contributed by atoms with E-state index in [1.54, 1.807) is 0 Å². The van der Waals surface area contributed by atoms with E-state index in [0.717, 1.165) is 35.6 Å². The van der Waals surface area contributed by atoms with E-state index in [1.807, 2.05) is 4.68 Å². The van der Waals surface area contributed by atoms with Crippen LogP contribution in [-0.2, 0) is 0 Å². The summed E-state index contributed by atoms with van der Waals surface area (Å²) in [6.07, 6.45) is 3.66. The molecular weight excluding hydrogens is 390 g/mol. The Labute approximate surface area is 180 Å². The zero-order valence-electron chi connectivity index (χ0n) is 18.5. The Hall–Kier alpha value is -3.29. The van der Waals surface area contributed by atoms with E-state index in [1.165, 1.54) is 11.9 Å². The number of aromatic nitrogens is 6. The molecular formula is C23H27N7O. The molecule has 4 aromatic rings. The fourth-order valence-electron chi connectivity index (χ4n) is 4.18. The summed E-state index contributed by atoms with van der Waals surface area (Å²) < 4.78 is 7.74. The van der Waals surface area contributed by atoms with E-state index < -0.39 is 0 Å². The fourth-order valence-corrected chi connectivity index (χ4v) is 4.18. The Morgan fingerprint density at radius 2 is 1.87 bits per heavy atom. The summed E-state index contributed by atoms with van der Waals surface area (Å²) in [5, 5.41) is 10.0. The number of rotatable bonds is 5. The van der Waals surface area contributed by atoms with Crippen molar-refractivity contribution in [3.05, 3.63) is 35.5 Å². The lowest BCUT2D eigenvalue weighted by atomic mass is 9.98. The van der Waals surface area contributed by atoms with Crippen molar-refractivity contribution in [3.8, 4) is 22.6 Å². The van der Waals surface area contributed by atoms with Crippen LogP contribution in [0.4, 0.5) is 5.82 Å². The number of nitrogens with zero attached hydrogens (tertiary/aromatic N) is 6. The van der Waals surface area contributed by atoms with E-state index in [-0.39, 0.29) is 6.04 Å². The third kappa shape index (κ3) is 3.17. The predicted molar refractivity (Wildman–Crippen MR) is 120 cm³/mol. The molecule has 0 amide bonds. The summed E-state index contributed by atoms with van der Waals surface area (Å²) in [7, 11) is 0. The van der Waals surface area contributed by atoms with Gasteiger partial charge in [0.05, 0.1) is 16.6 Å². The van der Waals surface area contributed by atoms with Crippen LogP contribution in [0.15, 0.2) is 23.0 Å². The number of hydrogen-bond donors (Lipinski definition) is 1. The molecule has 8 nitrogen and oxygen atoms in total. The van der Waals surface area contributed by atoms with Gasteiger partial charge < -0.3 is 10.3 Å². The summed E-state index contributed by atoms with van der Waals surface area (Å²) >= 11 is 0. The van der Waals surface area contributed by atoms with E-state index in [4.69, 9.17) is 20.3 Å². The van der Waals surface area contributed by atoms with Gasteiger partial charge in [-0.2, -0.15) is 5.10 Å². The van der Waals surface area contributed by atoms with Crippen molar-refractivity contribution in [1.82, 2.24) is 29.9 Å². The number of anilines is 1. The van der Waals surface area contributed by atoms with Crippen LogP contribution in [0, 0.1) is 6.92 Å². The molecule has 0 atom stereocenters. The fraction of sp³-hybridized carbons (Fsp3) is 0.435. The van der Waals surface area contributed by atoms with E-state index >= 15 is 0 Å². The van der Waals surface area contributed by atoms with Crippen LogP contribution in [-0.4, -0.2) is 29.9 Å². The van der Waals surface area contributed by atoms with Gasteiger partial charge in [0.1, 0.15) is 29.3 Å². The number of aryl methyl sites for hydroxylation is 1. The summed E-state index contributed by atoms with van der Waals surface area (Å²) in [6, 6.07) is 4.32. The standard InChI is InChI=1S/C23H27N7O/c1-11(2)15-8-9-16(27-13(15)5)17-20(29-31-21(17)14-6-7-14)19-18-22(24)25-10-26-23(18)30(28-19)12(3)4/h8-12,14H,6-7H2,1-5H3,(H2,24,25,26). The van der Waals surface area contributed by atoms with Crippen molar-refractivity contribution in [2.24, 2.45) is 0 Å². The lowest BCUT2D eigenvalue weighted by molar-refractivity contribution is 0.386. The first-order valence-corrected chi connectivity index (χ1v) is 10.8. The maximum absolute atomic E-state index is 6.27. The van der Waals surface area contributed by atoms with Crippen molar-refractivity contribution in [2.75, 3.05) is 5.73 Å². The van der Waals surface area contributed by atoms with Crippen molar-refractivity contribution >= 4 is 16.9 Å². The molecule has 0 aliphatic heterocycles. The lowest BCUT2D eigenvalue weighted by Crippen LogP contribution is -2.04. The molecule has 0 spiro atoms. The molecule has 2 N–H and O–H groups in total. The quantitative estimate of drug-likeness (QED) is 0.486. The van der Waals surface area contributed by atoms with Crippen LogP contribution in [0.25, 0.3) is 33.7 Å². The molecule has 1 fully saturated rings. The highest BCUT2D eigenvalue weighted by Crippen LogP contribution is 2.48. The number of pyridine rings is 1. The summed E-state index contributed by atoms with van der Waals surface area (Å²) in [4.78, 5) is 13.6. The van der Waals surface area contributed by atoms with Gasteiger partial charge in [-0.05, 0) is 51.2 Å². The topological polar surface area (TPSA) is 109 Å². The monoisotopic (exact) mass is 417 g/mol. The van der Waals surface area contributed by atoms with Gasteiger partial charge in [0, 0.05) is 17.7 Å². The Kier molecular flexibility index (Phi) is 4.53. The molecule has 0 unspecified atom stereocenters. The molecule has 4 aromatic heterocycles. The second-order valence-electron chi connectivity index (χ2n) is 8.91. The minimum absolute atomic E-state index is 0.106. The van der Waals surface area contributed by atoms with Crippen LogP contribution in [0.3, 0.4) is 0 Å². The van der Waals surface area contributed by atoms with Crippen LogP contribution >= 0.6 is 0 Å². The number of nitrogen functional groups attached to an aromatic ring is 1. The second kappa shape index (κ2) is 7.14. The molecule has 8 heteroatoms. The Morgan fingerprint density at radius 1 is 1.10 bits per heavy atom. The summed E-state index contributed by atoms with van der Waals surface area (Å²) in [6.45, 7) is 10.5. The zero-order chi connectivity index (χ0) is 21.9. The van der Waals surface area contributed by atoms with E-state index in [0.29, 0.717) is 40.1 Å². The third-order valence-electron chi connectivity index (χ3n) is 5.90. The number of fused-ring (bicyclic) bond motifs is 1. The first-order chi connectivity index (χ1) is 14.9. The minimum atomic E-state index is 0.106. The SMILES string of the molecule is Cc1nc(-c2c(-c3nn(C(C)C)c4ncnc(N)c34)noc2C2CC2)ccc1C(C)C. The van der Waals surface area contributed by atoms with Gasteiger partial charge >= 0.3 is 0 Å². The Bertz CT molecular complexity index is 1280. The predicted octanol–water partition coefficient (Wildman–Crippen LogP) is 5.02. The van der Waals surface area contributed by atoms with Crippen LogP contribution in [0.2, 0.25) is 0 Å². The molecule has 160 valence electrons. The molecule has 0 radical (unpaired) electrons. The Morgan fingerprint density at radius 3 is 2.52 bits per heavy atom. The highest BCUT2D eigenvalue weighted by Gasteiger charge is 2.35. The van der Waals surface area contributed by atoms with Crippen molar-refractivity contribution in [1.29, 1.82) is 0 Å². The molecule has 1 saturated carbocycles. The van der Waals surface area contributed by atoms with Crippen molar-refractivity contribution in [2.45, 2.75) is 65.3 Å². The van der Waals surface area contributed by atoms with Gasteiger partial charge in [-0.15, -0.1) is 0 Å². The average molecular weight is 418 g/mol. The first-order valence-electron chi connectivity index (χ1n) is 10.8. The van der Waals surface area contributed by atoms with Gasteiger partial charge in [-0.1, -0.05) is 25.1 Å². The summed E-state index contributed by atoms with van der Waals surface area (Å²) in [5.74, 6) is 2.04. The third-order valence-corrected chi connectivity index (χ3v) is 5.90. The van der Waals surface area contributed by atoms with Crippen LogP contribution in [0.1, 0.15) is 75.4 Å². The molecule has 5 rings (SSSR count). The average Bonchev–Trinajstić information content (AvgIpc) is 3.34. The largest absolute Gasteiger partial charge is 0.383 e. The van der Waals surface area contributed by atoms with Crippen LogP contribution in [0.5, 0.6) is 0 Å². The number of hydrogen-bond acceptors (Lipinski definition) is 7. The maximum atomic E-state index is 6.27. The molecule has 0 aromatic carbocycles. The van der Waals surface area contributed by atoms with Gasteiger partial charge in [-0.3, -0.25) is 4.98 Å². The van der Waals surface area contributed by atoms with Crippen LogP contribution < -0.4 is 5.73 Å². The maximum Gasteiger partial charge on any atom is 0.164 e. The van der Waals surface area contributed by atoms with Crippen molar-refractivity contribution in [3.63, 3.8) is 0 Å². The molecule has 0 saturated heterocycles. The first kappa shape index (κ1) is 19.7. The minimum Gasteiger partial charge on any atom is -0.383 e. The van der Waals surface area contributed by atoms with Gasteiger partial charge in [0.15, 0.2) is 5.65 Å². The zero-order valence-corrected chi connectivity index (χ0v) is 18.5. The molecule has 0 bridgehead atoms. The van der Waals surface area contributed by atoms with Gasteiger partial charge in [0.2, 0.25) is 0 Å².